The number of hydrogen-bond acceptors (Lipinski definition) is 5. The first-order valence-corrected chi connectivity index (χ1v) is 8.56. The van der Waals surface area contributed by atoms with Gasteiger partial charge in [0.1, 0.15) is 17.3 Å². The summed E-state index contributed by atoms with van der Waals surface area (Å²) in [5.74, 6) is 1.05. The maximum Gasteiger partial charge on any atom is 0.228 e. The molecule has 0 amide bonds. The van der Waals surface area contributed by atoms with E-state index >= 15 is 0 Å². The van der Waals surface area contributed by atoms with Crippen molar-refractivity contribution in [3.63, 3.8) is 0 Å². The first kappa shape index (κ1) is 17.2. The van der Waals surface area contributed by atoms with Crippen molar-refractivity contribution < 1.29 is 9.57 Å². The number of benzene rings is 1. The molecule has 0 fully saturated rings. The lowest BCUT2D eigenvalue weighted by molar-refractivity contribution is -0.0822. The van der Waals surface area contributed by atoms with Gasteiger partial charge in [0.15, 0.2) is 5.84 Å². The number of methoxy groups -OCH3 is 1. The SMILES string of the molecule is COc1nc(C2=NC(c3ccc(Cl)cc3)C(C)(C)ON2)ccc1Br. The summed E-state index contributed by atoms with van der Waals surface area (Å²) in [6.07, 6.45) is 0. The van der Waals surface area contributed by atoms with Crippen molar-refractivity contribution in [1.29, 1.82) is 0 Å². The molecule has 0 spiro atoms. The number of aliphatic imine (C=N–C) groups is 1. The fourth-order valence-electron chi connectivity index (χ4n) is 2.48. The van der Waals surface area contributed by atoms with E-state index in [1.54, 1.807) is 7.11 Å². The predicted molar refractivity (Wildman–Crippen MR) is 97.5 cm³/mol. The first-order chi connectivity index (χ1) is 11.4. The Morgan fingerprint density at radius 3 is 2.58 bits per heavy atom. The van der Waals surface area contributed by atoms with E-state index in [2.05, 4.69) is 26.4 Å². The second kappa shape index (κ2) is 6.70. The molecule has 0 aliphatic carbocycles. The summed E-state index contributed by atoms with van der Waals surface area (Å²) in [5.41, 5.74) is 4.04. The van der Waals surface area contributed by atoms with E-state index in [0.717, 1.165) is 10.0 Å². The molecule has 1 unspecified atom stereocenters. The van der Waals surface area contributed by atoms with Crippen LogP contribution in [0.5, 0.6) is 5.88 Å². The van der Waals surface area contributed by atoms with E-state index in [1.807, 2.05) is 50.2 Å². The van der Waals surface area contributed by atoms with Crippen LogP contribution < -0.4 is 10.2 Å². The third-order valence-electron chi connectivity index (χ3n) is 3.76. The number of nitrogens with zero attached hydrogens (tertiary/aromatic N) is 2. The summed E-state index contributed by atoms with van der Waals surface area (Å²) in [6.45, 7) is 3.96. The van der Waals surface area contributed by atoms with Crippen LogP contribution in [0.3, 0.4) is 0 Å². The van der Waals surface area contributed by atoms with Crippen molar-refractivity contribution in [2.24, 2.45) is 4.99 Å². The van der Waals surface area contributed by atoms with Gasteiger partial charge in [-0.25, -0.2) is 10.5 Å². The van der Waals surface area contributed by atoms with Crippen molar-refractivity contribution >= 4 is 33.4 Å². The minimum atomic E-state index is -0.517. The van der Waals surface area contributed by atoms with Gasteiger partial charge in [0.05, 0.1) is 11.6 Å². The van der Waals surface area contributed by atoms with Gasteiger partial charge in [0.25, 0.3) is 0 Å². The lowest BCUT2D eigenvalue weighted by Gasteiger charge is -2.36. The van der Waals surface area contributed by atoms with E-state index in [0.29, 0.717) is 22.4 Å². The summed E-state index contributed by atoms with van der Waals surface area (Å²) in [5, 5.41) is 0.690. The van der Waals surface area contributed by atoms with Crippen LogP contribution in [0, 0.1) is 0 Å². The van der Waals surface area contributed by atoms with Crippen LogP contribution in [0.25, 0.3) is 0 Å². The number of rotatable bonds is 3. The lowest BCUT2D eigenvalue weighted by atomic mass is 9.92. The maximum absolute atomic E-state index is 5.99. The summed E-state index contributed by atoms with van der Waals surface area (Å²) < 4.78 is 6.02. The zero-order valence-electron chi connectivity index (χ0n) is 13.5. The smallest absolute Gasteiger partial charge is 0.228 e. The van der Waals surface area contributed by atoms with Gasteiger partial charge in [-0.2, -0.15) is 0 Å². The highest BCUT2D eigenvalue weighted by Crippen LogP contribution is 2.35. The van der Waals surface area contributed by atoms with Crippen LogP contribution in [0.15, 0.2) is 45.9 Å². The zero-order valence-corrected chi connectivity index (χ0v) is 15.9. The molecule has 1 N–H and O–H groups in total. The molecule has 1 aromatic carbocycles. The molecule has 0 saturated carbocycles. The molecule has 0 saturated heterocycles. The molecule has 1 atom stereocenters. The second-order valence-corrected chi connectivity index (χ2v) is 7.22. The van der Waals surface area contributed by atoms with Crippen molar-refractivity contribution in [3.8, 4) is 5.88 Å². The fourth-order valence-corrected chi connectivity index (χ4v) is 2.99. The van der Waals surface area contributed by atoms with Crippen LogP contribution >= 0.6 is 27.5 Å². The molecule has 1 aromatic heterocycles. The molecule has 7 heteroatoms. The van der Waals surface area contributed by atoms with Gasteiger partial charge in [-0.05, 0) is 59.6 Å². The van der Waals surface area contributed by atoms with Gasteiger partial charge in [-0.15, -0.1) is 0 Å². The van der Waals surface area contributed by atoms with Gasteiger partial charge in [-0.1, -0.05) is 23.7 Å². The number of hydroxylamine groups is 1. The van der Waals surface area contributed by atoms with Crippen LogP contribution in [0.4, 0.5) is 0 Å². The third kappa shape index (κ3) is 3.41. The van der Waals surface area contributed by atoms with Crippen LogP contribution in [0.1, 0.15) is 31.1 Å². The Labute approximate surface area is 154 Å². The summed E-state index contributed by atoms with van der Waals surface area (Å²) >= 11 is 9.38. The Bertz CT molecular complexity index is 778. The van der Waals surface area contributed by atoms with E-state index in [1.165, 1.54) is 0 Å². The number of halogens is 2. The van der Waals surface area contributed by atoms with E-state index < -0.39 is 5.60 Å². The molecule has 1 aliphatic heterocycles. The molecule has 126 valence electrons. The second-order valence-electron chi connectivity index (χ2n) is 5.93. The van der Waals surface area contributed by atoms with Crippen molar-refractivity contribution in [2.45, 2.75) is 25.5 Å². The van der Waals surface area contributed by atoms with Gasteiger partial charge >= 0.3 is 0 Å². The predicted octanol–water partition coefficient (Wildman–Crippen LogP) is 4.31. The van der Waals surface area contributed by atoms with Crippen LogP contribution in [-0.4, -0.2) is 23.5 Å². The van der Waals surface area contributed by atoms with Crippen molar-refractivity contribution in [1.82, 2.24) is 10.5 Å². The van der Waals surface area contributed by atoms with E-state index in [9.17, 15) is 0 Å². The lowest BCUT2D eigenvalue weighted by Crippen LogP contribution is -2.45. The standard InChI is InChI=1S/C17H17BrClN3O2/c1-17(2)14(10-4-6-11(19)7-5-10)21-15(22-24-17)13-9-8-12(18)16(20-13)23-3/h4-9,14H,1-3H3,(H,21,22). The Morgan fingerprint density at radius 2 is 1.92 bits per heavy atom. The fraction of sp³-hybridized carbons (Fsp3) is 0.294. The molecule has 5 nitrogen and oxygen atoms in total. The Morgan fingerprint density at radius 1 is 1.21 bits per heavy atom. The van der Waals surface area contributed by atoms with Gasteiger partial charge in [0.2, 0.25) is 5.88 Å². The minimum Gasteiger partial charge on any atom is -0.480 e. The number of ether oxygens (including phenoxy) is 1. The number of amidine groups is 1. The summed E-state index contributed by atoms with van der Waals surface area (Å²) in [7, 11) is 1.57. The monoisotopic (exact) mass is 409 g/mol. The Kier molecular flexibility index (Phi) is 4.80. The number of hydrogen-bond donors (Lipinski definition) is 1. The average Bonchev–Trinajstić information content (AvgIpc) is 2.56. The molecule has 24 heavy (non-hydrogen) atoms. The van der Waals surface area contributed by atoms with Crippen LogP contribution in [0.2, 0.25) is 5.02 Å². The number of nitrogens with one attached hydrogen (secondary N) is 1. The normalized spacial score (nSPS) is 19.4. The minimum absolute atomic E-state index is 0.192. The van der Waals surface area contributed by atoms with Gasteiger partial charge < -0.3 is 4.74 Å². The Balaban J connectivity index is 2.01. The topological polar surface area (TPSA) is 55.7 Å². The average molecular weight is 411 g/mol. The maximum atomic E-state index is 5.99. The zero-order chi connectivity index (χ0) is 17.3. The molecular formula is C17H17BrClN3O2. The van der Waals surface area contributed by atoms with Gasteiger partial charge in [-0.3, -0.25) is 9.83 Å². The van der Waals surface area contributed by atoms with Crippen molar-refractivity contribution in [2.75, 3.05) is 7.11 Å². The quantitative estimate of drug-likeness (QED) is 0.819. The molecule has 0 radical (unpaired) electrons. The third-order valence-corrected chi connectivity index (χ3v) is 4.62. The molecule has 0 bridgehead atoms. The highest BCUT2D eigenvalue weighted by atomic mass is 79.9. The van der Waals surface area contributed by atoms with Gasteiger partial charge in [0, 0.05) is 5.02 Å². The Hall–Kier alpha value is -1.63. The largest absolute Gasteiger partial charge is 0.480 e. The van der Waals surface area contributed by atoms with E-state index in [4.69, 9.17) is 26.2 Å². The summed E-state index contributed by atoms with van der Waals surface area (Å²) in [4.78, 5) is 15.1. The molecule has 3 rings (SSSR count). The highest BCUT2D eigenvalue weighted by Gasteiger charge is 2.37. The molecule has 2 aromatic rings. The first-order valence-electron chi connectivity index (χ1n) is 7.39. The molecule has 2 heterocycles. The van der Waals surface area contributed by atoms with E-state index in [-0.39, 0.29) is 6.04 Å². The molecular weight excluding hydrogens is 394 g/mol. The van der Waals surface area contributed by atoms with Crippen LogP contribution in [-0.2, 0) is 4.84 Å². The number of aromatic nitrogens is 1. The summed E-state index contributed by atoms with van der Waals surface area (Å²) in [6, 6.07) is 11.1. The molecule has 1 aliphatic rings. The van der Waals surface area contributed by atoms with Crippen molar-refractivity contribution in [3.05, 3.63) is 57.2 Å². The number of pyridine rings is 1. The highest BCUT2D eigenvalue weighted by molar-refractivity contribution is 9.10.